The fourth-order valence-electron chi connectivity index (χ4n) is 2.37. The van der Waals surface area contributed by atoms with Gasteiger partial charge in [-0.05, 0) is 29.0 Å². The fraction of sp³-hybridized carbons (Fsp3) is 0.600. The summed E-state index contributed by atoms with van der Waals surface area (Å²) in [5, 5.41) is 0. The summed E-state index contributed by atoms with van der Waals surface area (Å²) >= 11 is 0. The molecule has 1 fully saturated rings. The number of ether oxygens (including phenoxy) is 1. The van der Waals surface area contributed by atoms with Crippen molar-refractivity contribution in [1.82, 2.24) is 0 Å². The van der Waals surface area contributed by atoms with Crippen LogP contribution in [0, 0.1) is 6.92 Å². The Morgan fingerprint density at radius 3 is 2.19 bits per heavy atom. The maximum absolute atomic E-state index is 5.34. The molecule has 2 rings (SSSR count). The molecule has 0 spiro atoms. The molecule has 88 valence electrons. The second-order valence-electron chi connectivity index (χ2n) is 6.33. The first-order chi connectivity index (χ1) is 7.33. The highest BCUT2D eigenvalue weighted by Gasteiger charge is 2.36. The molecule has 0 aliphatic carbocycles. The lowest BCUT2D eigenvalue weighted by atomic mass is 9.76. The third-order valence-electron chi connectivity index (χ3n) is 3.58. The summed E-state index contributed by atoms with van der Waals surface area (Å²) in [7, 11) is 0. The van der Waals surface area contributed by atoms with Crippen molar-refractivity contribution in [3.05, 3.63) is 34.9 Å². The molecule has 0 bridgehead atoms. The molecule has 0 saturated carbocycles. The molecule has 1 saturated heterocycles. The van der Waals surface area contributed by atoms with Gasteiger partial charge in [0, 0.05) is 5.41 Å². The summed E-state index contributed by atoms with van der Waals surface area (Å²) in [6.45, 7) is 13.0. The van der Waals surface area contributed by atoms with Crippen LogP contribution >= 0.6 is 0 Å². The lowest BCUT2D eigenvalue weighted by Crippen LogP contribution is -2.44. The maximum atomic E-state index is 5.34. The van der Waals surface area contributed by atoms with Gasteiger partial charge in [-0.15, -0.1) is 0 Å². The van der Waals surface area contributed by atoms with Gasteiger partial charge >= 0.3 is 0 Å². The normalized spacial score (nSPS) is 19.3. The van der Waals surface area contributed by atoms with Gasteiger partial charge in [-0.25, -0.2) is 0 Å². The SMILES string of the molecule is Cc1cc(C(C)(C)C)ccc1C1(C)COC1. The van der Waals surface area contributed by atoms with Crippen LogP contribution in [0.3, 0.4) is 0 Å². The van der Waals surface area contributed by atoms with Gasteiger partial charge < -0.3 is 4.74 Å². The van der Waals surface area contributed by atoms with Gasteiger partial charge in [-0.3, -0.25) is 0 Å². The van der Waals surface area contributed by atoms with Gasteiger partial charge in [0.2, 0.25) is 0 Å². The zero-order valence-electron chi connectivity index (χ0n) is 11.1. The minimum absolute atomic E-state index is 0.236. The van der Waals surface area contributed by atoms with Crippen LogP contribution in [0.4, 0.5) is 0 Å². The molecular weight excluding hydrogens is 196 g/mol. The van der Waals surface area contributed by atoms with E-state index in [9.17, 15) is 0 Å². The Bertz CT molecular complexity index is 394. The molecular formula is C15H22O. The van der Waals surface area contributed by atoms with Crippen LogP contribution in [0.5, 0.6) is 0 Å². The van der Waals surface area contributed by atoms with E-state index >= 15 is 0 Å². The molecule has 0 unspecified atom stereocenters. The van der Waals surface area contributed by atoms with E-state index in [4.69, 9.17) is 4.74 Å². The van der Waals surface area contributed by atoms with Gasteiger partial charge in [-0.1, -0.05) is 45.9 Å². The van der Waals surface area contributed by atoms with Crippen molar-refractivity contribution in [2.24, 2.45) is 0 Å². The fourth-order valence-corrected chi connectivity index (χ4v) is 2.37. The zero-order chi connectivity index (χ0) is 12.0. The Hall–Kier alpha value is -0.820. The molecule has 1 heterocycles. The van der Waals surface area contributed by atoms with Crippen LogP contribution in [0.2, 0.25) is 0 Å². The summed E-state index contributed by atoms with van der Waals surface area (Å²) in [6.07, 6.45) is 0. The van der Waals surface area contributed by atoms with Crippen molar-refractivity contribution in [3.8, 4) is 0 Å². The lowest BCUT2D eigenvalue weighted by Gasteiger charge is -2.40. The molecule has 0 radical (unpaired) electrons. The summed E-state index contributed by atoms with van der Waals surface area (Å²) in [5.74, 6) is 0. The largest absolute Gasteiger partial charge is 0.379 e. The van der Waals surface area contributed by atoms with Crippen LogP contribution in [-0.2, 0) is 15.6 Å². The smallest absolute Gasteiger partial charge is 0.0583 e. The van der Waals surface area contributed by atoms with E-state index < -0.39 is 0 Å². The first-order valence-electron chi connectivity index (χ1n) is 6.02. The molecule has 16 heavy (non-hydrogen) atoms. The highest BCUT2D eigenvalue weighted by Crippen LogP contribution is 2.35. The molecule has 0 N–H and O–H groups in total. The predicted octanol–water partition coefficient (Wildman–Crippen LogP) is 3.58. The van der Waals surface area contributed by atoms with E-state index in [2.05, 4.69) is 52.8 Å². The molecule has 0 atom stereocenters. The summed E-state index contributed by atoms with van der Waals surface area (Å²) in [5.41, 5.74) is 4.75. The number of hydrogen-bond acceptors (Lipinski definition) is 1. The van der Waals surface area contributed by atoms with Crippen molar-refractivity contribution in [1.29, 1.82) is 0 Å². The van der Waals surface area contributed by atoms with E-state index in [0.717, 1.165) is 13.2 Å². The maximum Gasteiger partial charge on any atom is 0.0583 e. The van der Waals surface area contributed by atoms with E-state index in [1.165, 1.54) is 16.7 Å². The minimum atomic E-state index is 0.236. The summed E-state index contributed by atoms with van der Waals surface area (Å²) in [4.78, 5) is 0. The van der Waals surface area contributed by atoms with Crippen molar-refractivity contribution < 1.29 is 4.74 Å². The molecule has 0 aromatic heterocycles. The molecule has 1 nitrogen and oxygen atoms in total. The Morgan fingerprint density at radius 1 is 1.19 bits per heavy atom. The van der Waals surface area contributed by atoms with Crippen LogP contribution in [0.1, 0.15) is 44.4 Å². The summed E-state index contributed by atoms with van der Waals surface area (Å²) < 4.78 is 5.34. The van der Waals surface area contributed by atoms with Crippen molar-refractivity contribution >= 4 is 0 Å². The van der Waals surface area contributed by atoms with Gasteiger partial charge in [-0.2, -0.15) is 0 Å². The monoisotopic (exact) mass is 218 g/mol. The molecule has 1 heteroatoms. The average molecular weight is 218 g/mol. The quantitative estimate of drug-likeness (QED) is 0.700. The standard InChI is InChI=1S/C15H22O/c1-11-8-12(14(2,3)4)6-7-13(11)15(5)9-16-10-15/h6-8H,9-10H2,1-5H3. The van der Waals surface area contributed by atoms with E-state index in [1.54, 1.807) is 0 Å². The highest BCUT2D eigenvalue weighted by molar-refractivity contribution is 5.39. The van der Waals surface area contributed by atoms with E-state index in [0.29, 0.717) is 0 Å². The Labute approximate surface area is 98.8 Å². The van der Waals surface area contributed by atoms with Gasteiger partial charge in [0.25, 0.3) is 0 Å². The Morgan fingerprint density at radius 2 is 1.81 bits per heavy atom. The second kappa shape index (κ2) is 3.59. The Balaban J connectivity index is 2.37. The molecule has 1 aliphatic heterocycles. The predicted molar refractivity (Wildman–Crippen MR) is 68.1 cm³/mol. The third-order valence-corrected chi connectivity index (χ3v) is 3.58. The number of aryl methyl sites for hydroxylation is 1. The van der Waals surface area contributed by atoms with Gasteiger partial charge in [0.1, 0.15) is 0 Å². The minimum Gasteiger partial charge on any atom is -0.379 e. The van der Waals surface area contributed by atoms with Crippen LogP contribution in [0.15, 0.2) is 18.2 Å². The van der Waals surface area contributed by atoms with Gasteiger partial charge in [0.15, 0.2) is 0 Å². The van der Waals surface area contributed by atoms with E-state index in [1.807, 2.05) is 0 Å². The number of rotatable bonds is 1. The van der Waals surface area contributed by atoms with Crippen molar-refractivity contribution in [2.45, 2.75) is 45.4 Å². The van der Waals surface area contributed by atoms with E-state index in [-0.39, 0.29) is 10.8 Å². The highest BCUT2D eigenvalue weighted by atomic mass is 16.5. The van der Waals surface area contributed by atoms with Gasteiger partial charge in [0.05, 0.1) is 13.2 Å². The molecule has 0 amide bonds. The van der Waals surface area contributed by atoms with Crippen LogP contribution < -0.4 is 0 Å². The first kappa shape index (κ1) is 11.7. The van der Waals surface area contributed by atoms with Crippen molar-refractivity contribution in [2.75, 3.05) is 13.2 Å². The zero-order valence-corrected chi connectivity index (χ0v) is 11.1. The Kier molecular flexibility index (Phi) is 2.62. The number of benzene rings is 1. The molecule has 1 aliphatic rings. The number of hydrogen-bond donors (Lipinski definition) is 0. The second-order valence-corrected chi connectivity index (χ2v) is 6.33. The van der Waals surface area contributed by atoms with Crippen LogP contribution in [0.25, 0.3) is 0 Å². The van der Waals surface area contributed by atoms with Crippen LogP contribution in [-0.4, -0.2) is 13.2 Å². The molecule has 1 aromatic carbocycles. The molecule has 1 aromatic rings. The topological polar surface area (TPSA) is 9.23 Å². The van der Waals surface area contributed by atoms with Crippen molar-refractivity contribution in [3.63, 3.8) is 0 Å². The summed E-state index contributed by atoms with van der Waals surface area (Å²) in [6, 6.07) is 6.89. The lowest BCUT2D eigenvalue weighted by molar-refractivity contribution is -0.0503. The average Bonchev–Trinajstić information content (AvgIpc) is 2.12. The third kappa shape index (κ3) is 1.89. The first-order valence-corrected chi connectivity index (χ1v) is 6.02.